The summed E-state index contributed by atoms with van der Waals surface area (Å²) in [5.74, 6) is 1.72. The van der Waals surface area contributed by atoms with Gasteiger partial charge in [0.25, 0.3) is 11.8 Å². The zero-order valence-electron chi connectivity index (χ0n) is 16.2. The maximum Gasteiger partial charge on any atom is 0.258 e. The summed E-state index contributed by atoms with van der Waals surface area (Å²) in [4.78, 5) is 21.2. The van der Waals surface area contributed by atoms with Gasteiger partial charge in [-0.3, -0.25) is 4.79 Å². The zero-order valence-corrected chi connectivity index (χ0v) is 16.2. The molecule has 3 rings (SSSR count). The Balaban J connectivity index is 1.90. The first-order valence-electron chi connectivity index (χ1n) is 9.06. The lowest BCUT2D eigenvalue weighted by molar-refractivity contribution is 0.0938. The third-order valence-corrected chi connectivity index (χ3v) is 4.41. The molecule has 0 unspecified atom stereocenters. The van der Waals surface area contributed by atoms with E-state index in [-0.39, 0.29) is 17.9 Å². The summed E-state index contributed by atoms with van der Waals surface area (Å²) in [6.07, 6.45) is 4.08. The van der Waals surface area contributed by atoms with Crippen molar-refractivity contribution in [3.05, 3.63) is 41.6 Å². The molecule has 1 atom stereocenters. The molecule has 3 aromatic rings. The summed E-state index contributed by atoms with van der Waals surface area (Å²) < 4.78 is 6.98. The van der Waals surface area contributed by atoms with E-state index in [2.05, 4.69) is 25.5 Å². The second kappa shape index (κ2) is 7.69. The molecule has 0 saturated carbocycles. The number of hydrogen-bond donors (Lipinski definition) is 1. The summed E-state index contributed by atoms with van der Waals surface area (Å²) in [6, 6.07) is 3.72. The minimum absolute atomic E-state index is 0.106. The van der Waals surface area contributed by atoms with Crippen molar-refractivity contribution in [1.29, 1.82) is 0 Å². The number of carbonyl (C=O) groups is 1. The second-order valence-corrected chi connectivity index (χ2v) is 6.85. The van der Waals surface area contributed by atoms with Gasteiger partial charge >= 0.3 is 0 Å². The number of aromatic nitrogens is 5. The highest BCUT2D eigenvalue weighted by atomic mass is 16.5. The van der Waals surface area contributed by atoms with E-state index in [1.807, 2.05) is 40.7 Å². The van der Waals surface area contributed by atoms with Gasteiger partial charge in [-0.05, 0) is 32.4 Å². The van der Waals surface area contributed by atoms with Crippen LogP contribution in [0.15, 0.2) is 29.0 Å². The van der Waals surface area contributed by atoms with Crippen LogP contribution in [0.25, 0.3) is 17.3 Å². The number of nitrogens with zero attached hydrogens (tertiary/aromatic N) is 5. The quantitative estimate of drug-likeness (QED) is 0.717. The van der Waals surface area contributed by atoms with Crippen LogP contribution in [0.1, 0.15) is 61.9 Å². The number of pyridine rings is 1. The average molecular weight is 368 g/mol. The molecule has 3 aromatic heterocycles. The number of rotatable bonds is 6. The van der Waals surface area contributed by atoms with Crippen molar-refractivity contribution < 1.29 is 9.32 Å². The van der Waals surface area contributed by atoms with Crippen LogP contribution in [0.5, 0.6) is 0 Å². The summed E-state index contributed by atoms with van der Waals surface area (Å²) in [5, 5.41) is 11.3. The van der Waals surface area contributed by atoms with Gasteiger partial charge in [-0.25, -0.2) is 9.67 Å². The van der Waals surface area contributed by atoms with Crippen LogP contribution < -0.4 is 5.32 Å². The van der Waals surface area contributed by atoms with Crippen LogP contribution in [0.3, 0.4) is 0 Å². The highest BCUT2D eigenvalue weighted by Crippen LogP contribution is 2.22. The summed E-state index contributed by atoms with van der Waals surface area (Å²) in [5.41, 5.74) is 2.00. The molecule has 0 aromatic carbocycles. The topological polar surface area (TPSA) is 98.7 Å². The molecular formula is C19H24N6O2. The minimum Gasteiger partial charge on any atom is -0.349 e. The Labute approximate surface area is 158 Å². The van der Waals surface area contributed by atoms with E-state index in [0.717, 1.165) is 12.0 Å². The Kier molecular flexibility index (Phi) is 5.34. The van der Waals surface area contributed by atoms with Crippen molar-refractivity contribution in [2.24, 2.45) is 0 Å². The normalized spacial score (nSPS) is 12.4. The van der Waals surface area contributed by atoms with Crippen LogP contribution in [0.2, 0.25) is 0 Å². The molecule has 1 N–H and O–H groups in total. The van der Waals surface area contributed by atoms with Crippen molar-refractivity contribution in [1.82, 2.24) is 30.2 Å². The molecule has 142 valence electrons. The maximum absolute atomic E-state index is 12.4. The van der Waals surface area contributed by atoms with Crippen molar-refractivity contribution in [3.63, 3.8) is 0 Å². The molecule has 0 fully saturated rings. The Bertz CT molecular complexity index is 943. The predicted octanol–water partition coefficient (Wildman–Crippen LogP) is 3.28. The summed E-state index contributed by atoms with van der Waals surface area (Å²) in [6.45, 7) is 9.85. The minimum atomic E-state index is -0.136. The van der Waals surface area contributed by atoms with E-state index in [0.29, 0.717) is 28.8 Å². The Hall–Kier alpha value is -3.03. The van der Waals surface area contributed by atoms with E-state index in [9.17, 15) is 4.79 Å². The van der Waals surface area contributed by atoms with E-state index in [1.165, 1.54) is 0 Å². The van der Waals surface area contributed by atoms with Crippen LogP contribution in [-0.4, -0.2) is 36.9 Å². The summed E-state index contributed by atoms with van der Waals surface area (Å²) in [7, 11) is 0. The first-order chi connectivity index (χ1) is 12.9. The predicted molar refractivity (Wildman–Crippen MR) is 101 cm³/mol. The van der Waals surface area contributed by atoms with Crippen LogP contribution >= 0.6 is 0 Å². The highest BCUT2D eigenvalue weighted by molar-refractivity contribution is 5.95. The van der Waals surface area contributed by atoms with Crippen LogP contribution in [0, 0.1) is 6.92 Å². The van der Waals surface area contributed by atoms with Crippen molar-refractivity contribution in [2.75, 3.05) is 0 Å². The monoisotopic (exact) mass is 368 g/mol. The first kappa shape index (κ1) is 18.8. The fraction of sp³-hybridized carbons (Fsp3) is 0.421. The molecule has 0 bridgehead atoms. The zero-order chi connectivity index (χ0) is 19.6. The lowest BCUT2D eigenvalue weighted by Crippen LogP contribution is -2.32. The lowest BCUT2D eigenvalue weighted by Gasteiger charge is -2.11. The standard InChI is InChI=1S/C19H24N6O2/c1-6-12(4)22-18(26)15-10-21-25(13(15)5)16-9-14(7-8-20-16)19-23-17(11(2)3)24-27-19/h7-12H,6H2,1-5H3,(H,22,26)/t12-/m1/s1. The molecule has 1 amide bonds. The third kappa shape index (κ3) is 3.89. The van der Waals surface area contributed by atoms with Gasteiger partial charge in [0.1, 0.15) is 0 Å². The molecule has 0 aliphatic heterocycles. The van der Waals surface area contributed by atoms with Gasteiger partial charge in [0.15, 0.2) is 11.6 Å². The molecule has 0 radical (unpaired) electrons. The SMILES string of the molecule is CC[C@@H](C)NC(=O)c1cnn(-c2cc(-c3nc(C(C)C)no3)ccn2)c1C. The van der Waals surface area contributed by atoms with E-state index in [4.69, 9.17) is 4.52 Å². The molecule has 0 spiro atoms. The Morgan fingerprint density at radius 1 is 1.33 bits per heavy atom. The second-order valence-electron chi connectivity index (χ2n) is 6.85. The van der Waals surface area contributed by atoms with E-state index < -0.39 is 0 Å². The fourth-order valence-corrected chi connectivity index (χ4v) is 2.52. The smallest absolute Gasteiger partial charge is 0.258 e. The van der Waals surface area contributed by atoms with Gasteiger partial charge < -0.3 is 9.84 Å². The fourth-order valence-electron chi connectivity index (χ4n) is 2.52. The van der Waals surface area contributed by atoms with Crippen molar-refractivity contribution in [3.8, 4) is 17.3 Å². The Morgan fingerprint density at radius 2 is 2.11 bits per heavy atom. The van der Waals surface area contributed by atoms with Gasteiger partial charge in [-0.1, -0.05) is 25.9 Å². The lowest BCUT2D eigenvalue weighted by atomic mass is 10.2. The molecule has 0 aliphatic carbocycles. The molecule has 0 aliphatic rings. The van der Waals surface area contributed by atoms with Gasteiger partial charge in [0.2, 0.25) is 0 Å². The van der Waals surface area contributed by atoms with Gasteiger partial charge in [0, 0.05) is 23.7 Å². The number of nitrogens with one attached hydrogen (secondary N) is 1. The number of hydrogen-bond acceptors (Lipinski definition) is 6. The molecule has 0 saturated heterocycles. The van der Waals surface area contributed by atoms with Gasteiger partial charge in [-0.15, -0.1) is 0 Å². The van der Waals surface area contributed by atoms with Crippen molar-refractivity contribution >= 4 is 5.91 Å². The van der Waals surface area contributed by atoms with Gasteiger partial charge in [0.05, 0.1) is 17.5 Å². The van der Waals surface area contributed by atoms with E-state index >= 15 is 0 Å². The summed E-state index contributed by atoms with van der Waals surface area (Å²) >= 11 is 0. The molecule has 3 heterocycles. The average Bonchev–Trinajstić information content (AvgIpc) is 3.29. The largest absolute Gasteiger partial charge is 0.349 e. The molecule has 8 nitrogen and oxygen atoms in total. The van der Waals surface area contributed by atoms with Crippen LogP contribution in [0.4, 0.5) is 0 Å². The van der Waals surface area contributed by atoms with E-state index in [1.54, 1.807) is 23.1 Å². The number of amides is 1. The van der Waals surface area contributed by atoms with Crippen molar-refractivity contribution in [2.45, 2.75) is 53.0 Å². The molecular weight excluding hydrogens is 344 g/mol. The third-order valence-electron chi connectivity index (χ3n) is 4.41. The maximum atomic E-state index is 12.4. The molecule has 27 heavy (non-hydrogen) atoms. The van der Waals surface area contributed by atoms with Gasteiger partial charge in [-0.2, -0.15) is 10.1 Å². The molecule has 8 heteroatoms. The van der Waals surface area contributed by atoms with Crippen LogP contribution in [-0.2, 0) is 0 Å². The number of carbonyl (C=O) groups excluding carboxylic acids is 1. The highest BCUT2D eigenvalue weighted by Gasteiger charge is 2.18. The first-order valence-corrected chi connectivity index (χ1v) is 9.06. The Morgan fingerprint density at radius 3 is 2.78 bits per heavy atom.